The van der Waals surface area contributed by atoms with E-state index in [0.717, 1.165) is 11.3 Å². The van der Waals surface area contributed by atoms with Crippen molar-refractivity contribution in [3.63, 3.8) is 0 Å². The van der Waals surface area contributed by atoms with Crippen LogP contribution < -0.4 is 0 Å². The zero-order valence-corrected chi connectivity index (χ0v) is 14.4. The number of oxazole rings is 1. The van der Waals surface area contributed by atoms with Crippen LogP contribution in [0.25, 0.3) is 0 Å². The van der Waals surface area contributed by atoms with E-state index >= 15 is 0 Å². The molecule has 4 heterocycles. The summed E-state index contributed by atoms with van der Waals surface area (Å²) in [5, 5.41) is 0. The van der Waals surface area contributed by atoms with E-state index in [1.54, 1.807) is 36.7 Å². The number of amides is 1. The molecule has 0 spiro atoms. The van der Waals surface area contributed by atoms with Gasteiger partial charge in [-0.05, 0) is 24.6 Å². The van der Waals surface area contributed by atoms with Gasteiger partial charge in [-0.2, -0.15) is 0 Å². The highest BCUT2D eigenvalue weighted by Gasteiger charge is 2.30. The van der Waals surface area contributed by atoms with E-state index in [9.17, 15) is 4.79 Å². The molecule has 0 saturated carbocycles. The summed E-state index contributed by atoms with van der Waals surface area (Å²) in [7, 11) is 0. The second kappa shape index (κ2) is 7.09. The number of carbonyl (C=O) groups excluding carboxylic acids is 1. The van der Waals surface area contributed by atoms with Gasteiger partial charge in [0, 0.05) is 25.1 Å². The lowest BCUT2D eigenvalue weighted by Gasteiger charge is -2.34. The van der Waals surface area contributed by atoms with Crippen LogP contribution in [0, 0.1) is 6.92 Å². The molecule has 0 unspecified atom stereocenters. The van der Waals surface area contributed by atoms with Gasteiger partial charge in [0.2, 0.25) is 5.76 Å². The second-order valence-electron chi connectivity index (χ2n) is 6.27. The Morgan fingerprint density at radius 1 is 1.35 bits per heavy atom. The van der Waals surface area contributed by atoms with E-state index in [4.69, 9.17) is 9.15 Å². The summed E-state index contributed by atoms with van der Waals surface area (Å²) in [4.78, 5) is 26.8. The van der Waals surface area contributed by atoms with Crippen molar-refractivity contribution >= 4 is 5.91 Å². The van der Waals surface area contributed by atoms with Gasteiger partial charge in [0.05, 0.1) is 43.5 Å². The maximum atomic E-state index is 12.8. The highest BCUT2D eigenvalue weighted by Crippen LogP contribution is 2.23. The topological polar surface area (TPSA) is 86.3 Å². The molecule has 1 amide bonds. The summed E-state index contributed by atoms with van der Waals surface area (Å²) in [6.45, 7) is 3.75. The second-order valence-corrected chi connectivity index (χ2v) is 6.27. The number of fused-ring (bicyclic) bond motifs is 1. The van der Waals surface area contributed by atoms with Crippen molar-refractivity contribution in [1.82, 2.24) is 24.4 Å². The average Bonchev–Trinajstić information content (AvgIpc) is 3.30. The van der Waals surface area contributed by atoms with Crippen molar-refractivity contribution in [2.45, 2.75) is 26.1 Å². The Hall–Kier alpha value is -3.00. The molecule has 3 aromatic rings. The summed E-state index contributed by atoms with van der Waals surface area (Å²) < 4.78 is 13.2. The van der Waals surface area contributed by atoms with Gasteiger partial charge < -0.3 is 18.6 Å². The molecule has 0 radical (unpaired) electrons. The van der Waals surface area contributed by atoms with E-state index < -0.39 is 0 Å². The third-order valence-corrected chi connectivity index (χ3v) is 4.48. The zero-order valence-electron chi connectivity index (χ0n) is 14.4. The summed E-state index contributed by atoms with van der Waals surface area (Å²) >= 11 is 0. The first-order valence-electron chi connectivity index (χ1n) is 8.39. The molecule has 134 valence electrons. The minimum Gasteiger partial charge on any atom is -0.438 e. The first-order valence-corrected chi connectivity index (χ1v) is 8.39. The van der Waals surface area contributed by atoms with Crippen LogP contribution in [0.3, 0.4) is 0 Å². The summed E-state index contributed by atoms with van der Waals surface area (Å²) in [5.41, 5.74) is 2.63. The maximum absolute atomic E-state index is 12.8. The third kappa shape index (κ3) is 3.23. The summed E-state index contributed by atoms with van der Waals surface area (Å²) in [6, 6.07) is 3.84. The molecule has 8 nitrogen and oxygen atoms in total. The molecule has 0 fully saturated rings. The lowest BCUT2D eigenvalue weighted by molar-refractivity contribution is 0.0460. The van der Waals surface area contributed by atoms with Crippen LogP contribution in [0.2, 0.25) is 0 Å². The molecule has 0 aliphatic carbocycles. The largest absolute Gasteiger partial charge is 0.438 e. The van der Waals surface area contributed by atoms with Crippen LogP contribution in [0.15, 0.2) is 47.9 Å². The Kier molecular flexibility index (Phi) is 4.49. The Labute approximate surface area is 150 Å². The molecular weight excluding hydrogens is 334 g/mol. The van der Waals surface area contributed by atoms with Gasteiger partial charge in [-0.25, -0.2) is 9.97 Å². The van der Waals surface area contributed by atoms with Crippen molar-refractivity contribution in [3.8, 4) is 0 Å². The van der Waals surface area contributed by atoms with Crippen LogP contribution >= 0.6 is 0 Å². The molecule has 0 saturated heterocycles. The van der Waals surface area contributed by atoms with E-state index in [-0.39, 0.29) is 17.7 Å². The first kappa shape index (κ1) is 16.5. The average molecular weight is 353 g/mol. The number of rotatable bonds is 5. The number of ether oxygens (including phenoxy) is 1. The van der Waals surface area contributed by atoms with Crippen LogP contribution in [0.5, 0.6) is 0 Å². The van der Waals surface area contributed by atoms with E-state index in [1.165, 1.54) is 6.39 Å². The lowest BCUT2D eigenvalue weighted by Crippen LogP contribution is -2.42. The predicted molar refractivity (Wildman–Crippen MR) is 91.1 cm³/mol. The number of pyridine rings is 1. The first-order chi connectivity index (χ1) is 12.7. The number of hydrogen-bond donors (Lipinski definition) is 0. The lowest BCUT2D eigenvalue weighted by atomic mass is 10.1. The molecule has 8 heteroatoms. The molecule has 1 aliphatic heterocycles. The SMILES string of the molecule is Cc1ncoc1C(=O)N1Cc2cncn2[C@H](COCc2ccncc2)C1. The van der Waals surface area contributed by atoms with Gasteiger partial charge in [-0.3, -0.25) is 9.78 Å². The predicted octanol–water partition coefficient (Wildman–Crippen LogP) is 1.99. The Bertz CT molecular complexity index is 889. The van der Waals surface area contributed by atoms with Gasteiger partial charge in [0.15, 0.2) is 6.39 Å². The summed E-state index contributed by atoms with van der Waals surface area (Å²) in [5.74, 6) is 0.126. The van der Waals surface area contributed by atoms with Crippen LogP contribution in [0.1, 0.15) is 33.5 Å². The number of carbonyl (C=O) groups is 1. The molecule has 1 aliphatic rings. The standard InChI is InChI=1S/C18H19N5O3/c1-13-17(26-12-21-13)18(24)22-7-15-6-20-11-23(15)16(8-22)10-25-9-14-2-4-19-5-3-14/h2-6,11-12,16H,7-10H2,1H3/t16-/m0/s1. The Morgan fingerprint density at radius 3 is 2.96 bits per heavy atom. The van der Waals surface area contributed by atoms with Crippen molar-refractivity contribution in [2.75, 3.05) is 13.2 Å². The molecule has 0 bridgehead atoms. The van der Waals surface area contributed by atoms with Gasteiger partial charge in [0.1, 0.15) is 0 Å². The van der Waals surface area contributed by atoms with Crippen LogP contribution in [0.4, 0.5) is 0 Å². The maximum Gasteiger partial charge on any atom is 0.291 e. The molecule has 3 aromatic heterocycles. The quantitative estimate of drug-likeness (QED) is 0.697. The Morgan fingerprint density at radius 2 is 2.19 bits per heavy atom. The summed E-state index contributed by atoms with van der Waals surface area (Å²) in [6.07, 6.45) is 8.35. The smallest absolute Gasteiger partial charge is 0.291 e. The number of nitrogens with zero attached hydrogens (tertiary/aromatic N) is 5. The number of hydrogen-bond acceptors (Lipinski definition) is 6. The van der Waals surface area contributed by atoms with Crippen LogP contribution in [-0.4, -0.2) is 43.5 Å². The minimum atomic E-state index is -0.161. The van der Waals surface area contributed by atoms with Crippen molar-refractivity contribution < 1.29 is 13.9 Å². The van der Waals surface area contributed by atoms with Gasteiger partial charge in [0.25, 0.3) is 5.91 Å². The van der Waals surface area contributed by atoms with Crippen molar-refractivity contribution in [1.29, 1.82) is 0 Å². The van der Waals surface area contributed by atoms with Gasteiger partial charge >= 0.3 is 0 Å². The van der Waals surface area contributed by atoms with E-state index in [0.29, 0.717) is 32.0 Å². The molecule has 0 aromatic carbocycles. The molecule has 26 heavy (non-hydrogen) atoms. The fourth-order valence-corrected chi connectivity index (χ4v) is 3.12. The zero-order chi connectivity index (χ0) is 17.9. The molecule has 0 N–H and O–H groups in total. The van der Waals surface area contributed by atoms with Crippen molar-refractivity contribution in [2.24, 2.45) is 0 Å². The van der Waals surface area contributed by atoms with E-state index in [1.807, 2.05) is 12.1 Å². The third-order valence-electron chi connectivity index (χ3n) is 4.48. The fraction of sp³-hybridized carbons (Fsp3) is 0.333. The fourth-order valence-electron chi connectivity index (χ4n) is 3.12. The number of imidazole rings is 1. The molecule has 4 rings (SSSR count). The normalized spacial score (nSPS) is 16.5. The van der Waals surface area contributed by atoms with Gasteiger partial charge in [-0.15, -0.1) is 0 Å². The molecule has 1 atom stereocenters. The number of aryl methyl sites for hydroxylation is 1. The highest BCUT2D eigenvalue weighted by atomic mass is 16.5. The molecular formula is C18H19N5O3. The van der Waals surface area contributed by atoms with E-state index in [2.05, 4.69) is 19.5 Å². The highest BCUT2D eigenvalue weighted by molar-refractivity contribution is 5.92. The number of aromatic nitrogens is 4. The van der Waals surface area contributed by atoms with Crippen LogP contribution in [-0.2, 0) is 17.9 Å². The minimum absolute atomic E-state index is 0.00438. The van der Waals surface area contributed by atoms with Crippen molar-refractivity contribution in [3.05, 3.63) is 66.2 Å². The Balaban J connectivity index is 1.46. The van der Waals surface area contributed by atoms with Gasteiger partial charge in [-0.1, -0.05) is 0 Å². The monoisotopic (exact) mass is 353 g/mol.